The smallest absolute Gasteiger partial charge is 0.253 e. The molecule has 0 amide bonds. The van der Waals surface area contributed by atoms with Gasteiger partial charge in [-0.05, 0) is 27.4 Å². The first-order chi connectivity index (χ1) is 8.85. The van der Waals surface area contributed by atoms with Gasteiger partial charge >= 0.3 is 0 Å². The lowest BCUT2D eigenvalue weighted by atomic mass is 9.95. The minimum atomic E-state index is -3.56. The van der Waals surface area contributed by atoms with E-state index in [4.69, 9.17) is 4.74 Å². The summed E-state index contributed by atoms with van der Waals surface area (Å²) in [4.78, 5) is 0. The summed E-state index contributed by atoms with van der Waals surface area (Å²) in [6.07, 6.45) is 0.914. The number of hydrogen-bond acceptors (Lipinski definition) is 5. The number of nitrogens with zero attached hydrogens (tertiary/aromatic N) is 1. The average Bonchev–Trinajstić information content (AvgIpc) is 2.76. The van der Waals surface area contributed by atoms with Crippen molar-refractivity contribution < 1.29 is 18.3 Å². The van der Waals surface area contributed by atoms with Gasteiger partial charge in [-0.1, -0.05) is 0 Å². The maximum absolute atomic E-state index is 12.4. The fourth-order valence-electron chi connectivity index (χ4n) is 2.01. The summed E-state index contributed by atoms with van der Waals surface area (Å²) in [5.41, 5.74) is -0.996. The SMILES string of the molecule is CN(CC1(O)CCOCC1)S(=O)(=O)c1sccc1Br. The number of thiophene rings is 1. The molecule has 0 saturated carbocycles. The van der Waals surface area contributed by atoms with Gasteiger partial charge in [-0.15, -0.1) is 11.3 Å². The third kappa shape index (κ3) is 3.37. The lowest BCUT2D eigenvalue weighted by molar-refractivity contribution is -0.0689. The molecule has 1 aromatic rings. The Labute approximate surface area is 125 Å². The molecule has 5 nitrogen and oxygen atoms in total. The van der Waals surface area contributed by atoms with Crippen LogP contribution in [0, 0.1) is 0 Å². The number of hydrogen-bond donors (Lipinski definition) is 1. The van der Waals surface area contributed by atoms with E-state index in [1.54, 1.807) is 11.4 Å². The zero-order valence-electron chi connectivity index (χ0n) is 10.5. The van der Waals surface area contributed by atoms with Crippen molar-refractivity contribution in [2.45, 2.75) is 22.7 Å². The highest BCUT2D eigenvalue weighted by Crippen LogP contribution is 2.31. The number of aliphatic hydroxyl groups is 1. The number of likely N-dealkylation sites (N-methyl/N-ethyl adjacent to an activating group) is 1. The molecule has 1 aliphatic heterocycles. The Morgan fingerprint density at radius 2 is 2.16 bits per heavy atom. The zero-order chi connectivity index (χ0) is 14.1. The Kier molecular flexibility index (Phi) is 4.69. The second-order valence-corrected chi connectivity index (χ2v) is 8.66. The van der Waals surface area contributed by atoms with E-state index in [0.717, 1.165) is 11.3 Å². The monoisotopic (exact) mass is 369 g/mol. The number of ether oxygens (including phenoxy) is 1. The van der Waals surface area contributed by atoms with E-state index in [9.17, 15) is 13.5 Å². The highest BCUT2D eigenvalue weighted by Gasteiger charge is 2.35. The van der Waals surface area contributed by atoms with Crippen LogP contribution >= 0.6 is 27.3 Å². The van der Waals surface area contributed by atoms with Gasteiger partial charge in [0, 0.05) is 44.1 Å². The fraction of sp³-hybridized carbons (Fsp3) is 0.636. The molecule has 0 spiro atoms. The van der Waals surface area contributed by atoms with Gasteiger partial charge in [-0.3, -0.25) is 0 Å². The molecular weight excluding hydrogens is 354 g/mol. The summed E-state index contributed by atoms with van der Waals surface area (Å²) in [5, 5.41) is 12.1. The minimum Gasteiger partial charge on any atom is -0.388 e. The van der Waals surface area contributed by atoms with Crippen molar-refractivity contribution in [3.8, 4) is 0 Å². The van der Waals surface area contributed by atoms with E-state index < -0.39 is 15.6 Å². The summed E-state index contributed by atoms with van der Waals surface area (Å²) in [7, 11) is -2.06. The highest BCUT2D eigenvalue weighted by atomic mass is 79.9. The predicted octanol–water partition coefficient (Wildman–Crippen LogP) is 1.67. The first-order valence-electron chi connectivity index (χ1n) is 5.85. The van der Waals surface area contributed by atoms with Gasteiger partial charge in [0.1, 0.15) is 4.21 Å². The Morgan fingerprint density at radius 3 is 2.68 bits per heavy atom. The van der Waals surface area contributed by atoms with Gasteiger partial charge in [0.05, 0.1) is 5.60 Å². The highest BCUT2D eigenvalue weighted by molar-refractivity contribution is 9.10. The summed E-state index contributed by atoms with van der Waals surface area (Å²) >= 11 is 4.39. The van der Waals surface area contributed by atoms with Crippen LogP contribution in [0.5, 0.6) is 0 Å². The first kappa shape index (κ1) is 15.4. The second-order valence-electron chi connectivity index (χ2n) is 4.65. The maximum atomic E-state index is 12.4. The van der Waals surface area contributed by atoms with Crippen LogP contribution in [0.1, 0.15) is 12.8 Å². The molecule has 0 bridgehead atoms. The second kappa shape index (κ2) is 5.79. The molecule has 2 heterocycles. The molecule has 1 aliphatic rings. The Morgan fingerprint density at radius 1 is 1.53 bits per heavy atom. The van der Waals surface area contributed by atoms with Crippen LogP contribution in [0.2, 0.25) is 0 Å². The zero-order valence-corrected chi connectivity index (χ0v) is 13.7. The lowest BCUT2D eigenvalue weighted by Crippen LogP contribution is -2.47. The van der Waals surface area contributed by atoms with Crippen LogP contribution in [0.3, 0.4) is 0 Å². The quantitative estimate of drug-likeness (QED) is 0.876. The van der Waals surface area contributed by atoms with Crippen LogP contribution in [0.4, 0.5) is 0 Å². The number of rotatable bonds is 4. The molecule has 19 heavy (non-hydrogen) atoms. The Balaban J connectivity index is 2.15. The van der Waals surface area contributed by atoms with Crippen molar-refractivity contribution in [3.05, 3.63) is 15.9 Å². The van der Waals surface area contributed by atoms with Crippen molar-refractivity contribution in [1.29, 1.82) is 0 Å². The van der Waals surface area contributed by atoms with Crippen molar-refractivity contribution in [2.75, 3.05) is 26.8 Å². The van der Waals surface area contributed by atoms with Crippen molar-refractivity contribution in [3.63, 3.8) is 0 Å². The predicted molar refractivity (Wildman–Crippen MR) is 76.8 cm³/mol. The summed E-state index contributed by atoms with van der Waals surface area (Å²) in [6, 6.07) is 1.70. The molecule has 0 atom stereocenters. The maximum Gasteiger partial charge on any atom is 0.253 e. The molecule has 1 N–H and O–H groups in total. The van der Waals surface area contributed by atoms with E-state index >= 15 is 0 Å². The van der Waals surface area contributed by atoms with E-state index in [1.165, 1.54) is 11.4 Å². The average molecular weight is 370 g/mol. The van der Waals surface area contributed by atoms with Crippen LogP contribution in [0.15, 0.2) is 20.1 Å². The molecule has 8 heteroatoms. The molecule has 2 rings (SSSR count). The third-order valence-electron chi connectivity index (χ3n) is 3.17. The van der Waals surface area contributed by atoms with Crippen molar-refractivity contribution in [1.82, 2.24) is 4.31 Å². The van der Waals surface area contributed by atoms with Crippen molar-refractivity contribution >= 4 is 37.3 Å². The summed E-state index contributed by atoms with van der Waals surface area (Å²) in [5.74, 6) is 0. The molecule has 1 aromatic heterocycles. The van der Waals surface area contributed by atoms with Crippen LogP contribution in [-0.2, 0) is 14.8 Å². The largest absolute Gasteiger partial charge is 0.388 e. The molecule has 0 aromatic carbocycles. The molecule has 0 unspecified atom stereocenters. The van der Waals surface area contributed by atoms with Crippen LogP contribution in [-0.4, -0.2) is 50.2 Å². The Hall–Kier alpha value is 0.01000. The topological polar surface area (TPSA) is 66.8 Å². The number of halogens is 1. The van der Waals surface area contributed by atoms with Gasteiger partial charge in [0.15, 0.2) is 0 Å². The molecule has 0 radical (unpaired) electrons. The fourth-order valence-corrected chi connectivity index (χ4v) is 5.77. The molecule has 1 saturated heterocycles. The van der Waals surface area contributed by atoms with Gasteiger partial charge in [-0.2, -0.15) is 4.31 Å². The normalized spacial score (nSPS) is 19.8. The van der Waals surface area contributed by atoms with E-state index in [-0.39, 0.29) is 10.8 Å². The van der Waals surface area contributed by atoms with Gasteiger partial charge < -0.3 is 9.84 Å². The Bertz CT molecular complexity index is 537. The van der Waals surface area contributed by atoms with Crippen LogP contribution in [0.25, 0.3) is 0 Å². The summed E-state index contributed by atoms with van der Waals surface area (Å²) < 4.78 is 32.0. The van der Waals surface area contributed by atoms with E-state index in [0.29, 0.717) is 30.5 Å². The van der Waals surface area contributed by atoms with E-state index in [1.807, 2.05) is 0 Å². The molecular formula is C11H16BrNO4S2. The standard InChI is InChI=1S/C11H16BrNO4S2/c1-13(8-11(14)3-5-17-6-4-11)19(15,16)10-9(12)2-7-18-10/h2,7,14H,3-6,8H2,1H3. The van der Waals surface area contributed by atoms with Crippen molar-refractivity contribution in [2.24, 2.45) is 0 Å². The molecule has 108 valence electrons. The van der Waals surface area contributed by atoms with Gasteiger partial charge in [0.25, 0.3) is 10.0 Å². The molecule has 1 fully saturated rings. The van der Waals surface area contributed by atoms with Gasteiger partial charge in [0.2, 0.25) is 0 Å². The minimum absolute atomic E-state index is 0.0863. The third-order valence-corrected chi connectivity index (χ3v) is 7.62. The summed E-state index contributed by atoms with van der Waals surface area (Å²) in [6.45, 7) is 1.02. The molecule has 0 aliphatic carbocycles. The van der Waals surface area contributed by atoms with Gasteiger partial charge in [-0.25, -0.2) is 8.42 Å². The van der Waals surface area contributed by atoms with Crippen LogP contribution < -0.4 is 0 Å². The van der Waals surface area contributed by atoms with E-state index in [2.05, 4.69) is 15.9 Å². The lowest BCUT2D eigenvalue weighted by Gasteiger charge is -2.34. The number of sulfonamides is 1. The first-order valence-corrected chi connectivity index (χ1v) is 8.96.